The zero-order valence-electron chi connectivity index (χ0n) is 26.0. The van der Waals surface area contributed by atoms with Crippen LogP contribution in [0, 0.1) is 0 Å². The first-order valence-corrected chi connectivity index (χ1v) is 15.9. The predicted molar refractivity (Wildman–Crippen MR) is 174 cm³/mol. The summed E-state index contributed by atoms with van der Waals surface area (Å²) in [6, 6.07) is 24.9. The highest BCUT2D eigenvalue weighted by Gasteiger charge is 2.29. The van der Waals surface area contributed by atoms with E-state index in [2.05, 4.69) is 63.1 Å². The van der Waals surface area contributed by atoms with E-state index in [1.54, 1.807) is 6.20 Å². The molecule has 230 valence electrons. The number of benzene rings is 3. The molecule has 1 amide bonds. The summed E-state index contributed by atoms with van der Waals surface area (Å²) < 4.78 is 4.78. The topological polar surface area (TPSA) is 78.5 Å². The number of ether oxygens (including phenoxy) is 1. The maximum absolute atomic E-state index is 14.0. The van der Waals surface area contributed by atoms with Gasteiger partial charge >= 0.3 is 5.97 Å². The van der Waals surface area contributed by atoms with Crippen LogP contribution in [0.3, 0.4) is 0 Å². The van der Waals surface area contributed by atoms with E-state index >= 15 is 0 Å². The number of carbonyl (C=O) groups is 2. The first-order valence-electron chi connectivity index (χ1n) is 15.9. The summed E-state index contributed by atoms with van der Waals surface area (Å²) in [5.74, 6) is 0.834. The van der Waals surface area contributed by atoms with Gasteiger partial charge in [-0.15, -0.1) is 0 Å². The Kier molecular flexibility index (Phi) is 11.0. The number of likely N-dealkylation sites (tertiary alicyclic amines) is 1. The number of piperidine rings is 1. The fraction of sp³-hybridized carbons (Fsp3) is 0.378. The normalized spacial score (nSPS) is 14.0. The van der Waals surface area contributed by atoms with E-state index in [1.165, 1.54) is 31.9 Å². The van der Waals surface area contributed by atoms with Gasteiger partial charge in [0.05, 0.1) is 20.1 Å². The Morgan fingerprint density at radius 3 is 2.11 bits per heavy atom. The molecule has 44 heavy (non-hydrogen) atoms. The van der Waals surface area contributed by atoms with Crippen LogP contribution in [0.25, 0.3) is 11.1 Å². The zero-order valence-corrected chi connectivity index (χ0v) is 26.0. The van der Waals surface area contributed by atoms with E-state index in [-0.39, 0.29) is 24.3 Å². The van der Waals surface area contributed by atoms with Crippen molar-refractivity contribution in [3.8, 4) is 11.1 Å². The summed E-state index contributed by atoms with van der Waals surface area (Å²) in [5, 5.41) is 0. The molecule has 1 fully saturated rings. The minimum absolute atomic E-state index is 0.0971. The maximum atomic E-state index is 14.0. The molecule has 2 heterocycles. The molecule has 3 aromatic carbocycles. The van der Waals surface area contributed by atoms with Crippen LogP contribution in [-0.2, 0) is 35.5 Å². The molecule has 1 N–H and O–H groups in total. The molecule has 0 radical (unpaired) electrons. The Morgan fingerprint density at radius 2 is 1.52 bits per heavy atom. The average molecular weight is 593 g/mol. The van der Waals surface area contributed by atoms with Crippen LogP contribution in [0.15, 0.2) is 85.2 Å². The number of aromatic nitrogens is 2. The van der Waals surface area contributed by atoms with Gasteiger partial charge in [-0.25, -0.2) is 4.98 Å². The van der Waals surface area contributed by atoms with Crippen molar-refractivity contribution in [2.24, 2.45) is 0 Å². The van der Waals surface area contributed by atoms with Crippen molar-refractivity contribution in [1.29, 1.82) is 0 Å². The lowest BCUT2D eigenvalue weighted by molar-refractivity contribution is -0.139. The first kappa shape index (κ1) is 31.2. The SMILES string of the molecule is CCCCCc1ccc(C(=O)N(Cc2ccc(-c3ccc(CC(=O)OC)cc3)cc2)C2CCN(Cc3ncc[nH]3)CC2)cc1. The largest absolute Gasteiger partial charge is 0.469 e. The average Bonchev–Trinajstić information content (AvgIpc) is 3.58. The number of unbranched alkanes of at least 4 members (excludes halogenated alkanes) is 2. The van der Waals surface area contributed by atoms with Gasteiger partial charge in [0.25, 0.3) is 5.91 Å². The Balaban J connectivity index is 1.29. The summed E-state index contributed by atoms with van der Waals surface area (Å²) in [7, 11) is 1.41. The van der Waals surface area contributed by atoms with E-state index in [0.29, 0.717) is 6.54 Å². The molecule has 0 saturated carbocycles. The molecule has 0 atom stereocenters. The fourth-order valence-electron chi connectivity index (χ4n) is 5.96. The Hall–Kier alpha value is -4.23. The molecule has 0 aliphatic carbocycles. The molecule has 1 saturated heterocycles. The van der Waals surface area contributed by atoms with Gasteiger partial charge in [-0.05, 0) is 65.6 Å². The van der Waals surface area contributed by atoms with Crippen LogP contribution in [0.4, 0.5) is 0 Å². The number of nitrogens with one attached hydrogen (secondary N) is 1. The number of hydrogen-bond donors (Lipinski definition) is 1. The quantitative estimate of drug-likeness (QED) is 0.136. The third kappa shape index (κ3) is 8.44. The van der Waals surface area contributed by atoms with Crippen LogP contribution in [0.1, 0.15) is 71.9 Å². The summed E-state index contributed by atoms with van der Waals surface area (Å²) in [4.78, 5) is 37.7. The van der Waals surface area contributed by atoms with E-state index in [4.69, 9.17) is 4.74 Å². The van der Waals surface area contributed by atoms with Crippen LogP contribution in [0.2, 0.25) is 0 Å². The van der Waals surface area contributed by atoms with Crippen LogP contribution < -0.4 is 0 Å². The van der Waals surface area contributed by atoms with Crippen molar-refractivity contribution in [3.63, 3.8) is 0 Å². The summed E-state index contributed by atoms with van der Waals surface area (Å²) in [6.45, 7) is 5.45. The highest BCUT2D eigenvalue weighted by molar-refractivity contribution is 5.94. The van der Waals surface area contributed by atoms with Gasteiger partial charge in [-0.1, -0.05) is 80.4 Å². The number of esters is 1. The van der Waals surface area contributed by atoms with E-state index in [1.807, 2.05) is 42.6 Å². The van der Waals surface area contributed by atoms with Gasteiger partial charge in [-0.2, -0.15) is 0 Å². The molecule has 1 aliphatic heterocycles. The number of rotatable bonds is 13. The van der Waals surface area contributed by atoms with Crippen LogP contribution in [0.5, 0.6) is 0 Å². The second kappa shape index (κ2) is 15.5. The molecule has 1 aromatic heterocycles. The van der Waals surface area contributed by atoms with Gasteiger partial charge in [-0.3, -0.25) is 14.5 Å². The fourth-order valence-corrected chi connectivity index (χ4v) is 5.96. The van der Waals surface area contributed by atoms with Crippen molar-refractivity contribution >= 4 is 11.9 Å². The molecule has 5 rings (SSSR count). The predicted octanol–water partition coefficient (Wildman–Crippen LogP) is 6.83. The molecule has 0 spiro atoms. The van der Waals surface area contributed by atoms with E-state index < -0.39 is 0 Å². The van der Waals surface area contributed by atoms with Crippen molar-refractivity contribution in [3.05, 3.63) is 113 Å². The number of H-pyrrole nitrogens is 1. The van der Waals surface area contributed by atoms with Crippen LogP contribution >= 0.6 is 0 Å². The Morgan fingerprint density at radius 1 is 0.886 bits per heavy atom. The van der Waals surface area contributed by atoms with Gasteiger partial charge in [0.2, 0.25) is 0 Å². The smallest absolute Gasteiger partial charge is 0.309 e. The highest BCUT2D eigenvalue weighted by Crippen LogP contribution is 2.25. The number of nitrogens with zero attached hydrogens (tertiary/aromatic N) is 3. The number of hydrogen-bond acceptors (Lipinski definition) is 5. The number of methoxy groups -OCH3 is 1. The summed E-state index contributed by atoms with van der Waals surface area (Å²) in [6.07, 6.45) is 10.5. The van der Waals surface area contributed by atoms with Crippen molar-refractivity contribution in [2.45, 2.75) is 71.0 Å². The zero-order chi connectivity index (χ0) is 30.7. The lowest BCUT2D eigenvalue weighted by Gasteiger charge is -2.38. The number of aryl methyl sites for hydroxylation is 1. The Bertz CT molecular complexity index is 1460. The number of carbonyl (C=O) groups excluding carboxylic acids is 2. The first-order chi connectivity index (χ1) is 21.5. The van der Waals surface area contributed by atoms with Crippen molar-refractivity contribution < 1.29 is 14.3 Å². The molecular formula is C37H44N4O3. The molecule has 7 nitrogen and oxygen atoms in total. The third-order valence-electron chi connectivity index (χ3n) is 8.63. The number of amides is 1. The minimum Gasteiger partial charge on any atom is -0.469 e. The van der Waals surface area contributed by atoms with Crippen LogP contribution in [-0.4, -0.2) is 57.9 Å². The molecule has 0 unspecified atom stereocenters. The maximum Gasteiger partial charge on any atom is 0.309 e. The van der Waals surface area contributed by atoms with Crippen molar-refractivity contribution in [2.75, 3.05) is 20.2 Å². The number of imidazole rings is 1. The highest BCUT2D eigenvalue weighted by atomic mass is 16.5. The van der Waals surface area contributed by atoms with Crippen molar-refractivity contribution in [1.82, 2.24) is 19.8 Å². The van der Waals surface area contributed by atoms with E-state index in [0.717, 1.165) is 72.5 Å². The van der Waals surface area contributed by atoms with Gasteiger partial charge in [0.15, 0.2) is 0 Å². The second-order valence-electron chi connectivity index (χ2n) is 11.8. The molecule has 0 bridgehead atoms. The summed E-state index contributed by atoms with van der Waals surface area (Å²) >= 11 is 0. The third-order valence-corrected chi connectivity index (χ3v) is 8.63. The van der Waals surface area contributed by atoms with Gasteiger partial charge in [0.1, 0.15) is 5.82 Å². The van der Waals surface area contributed by atoms with Gasteiger partial charge < -0.3 is 14.6 Å². The standard InChI is InChI=1S/C37H44N4O3/c1-3-4-5-6-28-7-17-33(18-8-28)37(43)41(34-19-23-40(24-20-34)27-35-38-21-22-39-35)26-30-11-15-32(16-12-30)31-13-9-29(10-14-31)25-36(42)44-2/h7-18,21-22,34H,3-6,19-20,23-27H2,1-2H3,(H,38,39). The van der Waals surface area contributed by atoms with Gasteiger partial charge in [0, 0.05) is 43.6 Å². The van der Waals surface area contributed by atoms with E-state index in [9.17, 15) is 9.59 Å². The molecular weight excluding hydrogens is 548 g/mol. The number of aromatic amines is 1. The second-order valence-corrected chi connectivity index (χ2v) is 11.8. The minimum atomic E-state index is -0.243. The lowest BCUT2D eigenvalue weighted by atomic mass is 9.98. The molecule has 1 aliphatic rings. The Labute approximate surface area is 261 Å². The lowest BCUT2D eigenvalue weighted by Crippen LogP contribution is -2.47. The molecule has 7 heteroatoms. The monoisotopic (exact) mass is 592 g/mol. The summed E-state index contributed by atoms with van der Waals surface area (Å²) in [5.41, 5.74) is 6.27. The molecule has 4 aromatic rings.